The molecule has 1 nitrogen and oxygen atoms in total. The molecule has 1 aliphatic rings. The van der Waals surface area contributed by atoms with Crippen molar-refractivity contribution in [2.45, 2.75) is 12.8 Å². The Labute approximate surface area is 371 Å². The smallest absolute Gasteiger partial charge is 0.0462 e. The molecule has 1 aliphatic carbocycles. The van der Waals surface area contributed by atoms with Gasteiger partial charge in [0.05, 0.1) is 0 Å². The molecule has 0 aromatic heterocycles. The highest BCUT2D eigenvalue weighted by Gasteiger charge is 2.16. The zero-order chi connectivity index (χ0) is 42.2. The second-order valence-electron chi connectivity index (χ2n) is 16.1. The second kappa shape index (κ2) is 18.3. The summed E-state index contributed by atoms with van der Waals surface area (Å²) in [4.78, 5) is 2.34. The molecule has 0 aliphatic heterocycles. The molecule has 0 radical (unpaired) electrons. The lowest BCUT2D eigenvalue weighted by Crippen LogP contribution is -2.09. The van der Waals surface area contributed by atoms with E-state index >= 15 is 0 Å². The normalized spacial score (nSPS) is 13.0. The molecule has 0 fully saturated rings. The molecule has 63 heavy (non-hydrogen) atoms. The third-order valence-electron chi connectivity index (χ3n) is 12.1. The number of hydrogen-bond acceptors (Lipinski definition) is 1. The summed E-state index contributed by atoms with van der Waals surface area (Å²) in [6, 6.07) is 87.4. The van der Waals surface area contributed by atoms with Crippen molar-refractivity contribution >= 4 is 28.2 Å². The maximum absolute atomic E-state index is 2.38. The van der Waals surface area contributed by atoms with E-state index < -0.39 is 0 Å². The van der Waals surface area contributed by atoms with Crippen LogP contribution in [0.25, 0.3) is 55.7 Å². The highest BCUT2D eigenvalue weighted by Crippen LogP contribution is 2.38. The van der Waals surface area contributed by atoms with Gasteiger partial charge in [-0.2, -0.15) is 0 Å². The van der Waals surface area contributed by atoms with Crippen LogP contribution in [0.5, 0.6) is 0 Å². The largest absolute Gasteiger partial charge is 0.311 e. The van der Waals surface area contributed by atoms with Crippen LogP contribution in [-0.4, -0.2) is 0 Å². The summed E-state index contributed by atoms with van der Waals surface area (Å²) >= 11 is 0. The standard InChI is InChI=1S/C62H47N/c1-5-13-47(14-6-1)51-25-27-52(28-26-51)53-29-31-58(32-30-53)62(57-19-11-4-12-20-57)45-46-21-23-50(24-22-46)56-37-43-61(44-38-56)63(59-39-33-54(34-40-59)48-15-7-2-8-16-48)60-41-35-55(36-42-60)49-17-9-3-10-18-49/h1-31,33-44H,32,45H2. The molecule has 1 heteroatoms. The van der Waals surface area contributed by atoms with Crippen LogP contribution in [0.15, 0.2) is 266 Å². The second-order valence-corrected chi connectivity index (χ2v) is 16.1. The van der Waals surface area contributed by atoms with Gasteiger partial charge in [0.1, 0.15) is 0 Å². The molecule has 0 unspecified atom stereocenters. The van der Waals surface area contributed by atoms with Crippen LogP contribution < -0.4 is 4.90 Å². The number of hydrogen-bond donors (Lipinski definition) is 0. The lowest BCUT2D eigenvalue weighted by molar-refractivity contribution is 1.20. The molecule has 0 spiro atoms. The monoisotopic (exact) mass is 805 g/mol. The molecule has 0 bridgehead atoms. The first-order valence-corrected chi connectivity index (χ1v) is 21.8. The maximum Gasteiger partial charge on any atom is 0.0462 e. The van der Waals surface area contributed by atoms with E-state index in [4.69, 9.17) is 0 Å². The highest BCUT2D eigenvalue weighted by atomic mass is 15.1. The first kappa shape index (κ1) is 39.2. The maximum atomic E-state index is 2.38. The molecule has 300 valence electrons. The number of rotatable bonds is 11. The molecular formula is C62H47N. The van der Waals surface area contributed by atoms with Crippen LogP contribution in [0.3, 0.4) is 0 Å². The Morgan fingerprint density at radius 1 is 0.317 bits per heavy atom. The van der Waals surface area contributed by atoms with Gasteiger partial charge < -0.3 is 4.90 Å². The van der Waals surface area contributed by atoms with Gasteiger partial charge in [0.25, 0.3) is 0 Å². The molecule has 0 N–H and O–H groups in total. The van der Waals surface area contributed by atoms with Crippen LogP contribution in [-0.2, 0) is 6.42 Å². The van der Waals surface area contributed by atoms with E-state index in [-0.39, 0.29) is 0 Å². The topological polar surface area (TPSA) is 3.24 Å². The lowest BCUT2D eigenvalue weighted by Gasteiger charge is -2.26. The lowest BCUT2D eigenvalue weighted by atomic mass is 9.88. The molecule has 10 rings (SSSR count). The third kappa shape index (κ3) is 8.91. The molecule has 0 atom stereocenters. The number of allylic oxidation sites excluding steroid dienone is 6. The fourth-order valence-corrected chi connectivity index (χ4v) is 8.65. The summed E-state index contributed by atoms with van der Waals surface area (Å²) in [5.74, 6) is 0. The zero-order valence-corrected chi connectivity index (χ0v) is 35.2. The summed E-state index contributed by atoms with van der Waals surface area (Å²) in [6.07, 6.45) is 8.75. The first-order valence-electron chi connectivity index (χ1n) is 21.8. The van der Waals surface area contributed by atoms with Crippen molar-refractivity contribution in [2.24, 2.45) is 0 Å². The van der Waals surface area contributed by atoms with E-state index in [9.17, 15) is 0 Å². The van der Waals surface area contributed by atoms with E-state index in [2.05, 4.69) is 266 Å². The van der Waals surface area contributed by atoms with E-state index in [0.717, 1.165) is 29.9 Å². The third-order valence-corrected chi connectivity index (χ3v) is 12.1. The predicted molar refractivity (Wildman–Crippen MR) is 268 cm³/mol. The van der Waals surface area contributed by atoms with E-state index in [0.29, 0.717) is 0 Å². The van der Waals surface area contributed by atoms with Crippen molar-refractivity contribution < 1.29 is 0 Å². The Kier molecular flexibility index (Phi) is 11.4. The zero-order valence-electron chi connectivity index (χ0n) is 35.2. The van der Waals surface area contributed by atoms with Gasteiger partial charge in [0.2, 0.25) is 0 Å². The molecule has 9 aromatic rings. The molecule has 0 heterocycles. The molecule has 9 aromatic carbocycles. The molecule has 0 saturated heterocycles. The SMILES string of the molecule is C1=CC(=C(Cc2ccc(-c3ccc(N(c4ccc(-c5ccccc5)cc4)c4ccc(-c5ccccc5)cc4)cc3)cc2)c2ccccc2)CC=C1c1ccc(-c2ccccc2)cc1. The van der Waals surface area contributed by atoms with E-state index in [1.165, 1.54) is 77.9 Å². The Morgan fingerprint density at radius 2 is 0.651 bits per heavy atom. The van der Waals surface area contributed by atoms with Crippen molar-refractivity contribution in [1.82, 2.24) is 0 Å². The molecule has 0 amide bonds. The molecule has 0 saturated carbocycles. The Balaban J connectivity index is 0.889. The van der Waals surface area contributed by atoms with Crippen molar-refractivity contribution in [3.63, 3.8) is 0 Å². The summed E-state index contributed by atoms with van der Waals surface area (Å²) in [5.41, 5.74) is 20.8. The Morgan fingerprint density at radius 3 is 1.03 bits per heavy atom. The van der Waals surface area contributed by atoms with Gasteiger partial charge >= 0.3 is 0 Å². The Hall–Kier alpha value is -8.00. The van der Waals surface area contributed by atoms with Crippen molar-refractivity contribution in [1.29, 1.82) is 0 Å². The summed E-state index contributed by atoms with van der Waals surface area (Å²) in [5, 5.41) is 0. The van der Waals surface area contributed by atoms with Crippen LogP contribution in [0.2, 0.25) is 0 Å². The minimum atomic E-state index is 0.860. The highest BCUT2D eigenvalue weighted by molar-refractivity contribution is 5.83. The summed E-state index contributed by atoms with van der Waals surface area (Å²) in [6.45, 7) is 0. The fraction of sp³-hybridized carbons (Fsp3) is 0.0323. The van der Waals surface area contributed by atoms with E-state index in [1.807, 2.05) is 0 Å². The predicted octanol–water partition coefficient (Wildman–Crippen LogP) is 16.9. The van der Waals surface area contributed by atoms with Crippen LogP contribution in [0.4, 0.5) is 17.1 Å². The average molecular weight is 806 g/mol. The van der Waals surface area contributed by atoms with Gasteiger partial charge in [-0.05, 0) is 127 Å². The van der Waals surface area contributed by atoms with Crippen molar-refractivity contribution in [3.8, 4) is 44.5 Å². The van der Waals surface area contributed by atoms with Crippen LogP contribution in [0.1, 0.15) is 23.1 Å². The van der Waals surface area contributed by atoms with Gasteiger partial charge in [0.15, 0.2) is 0 Å². The summed E-state index contributed by atoms with van der Waals surface area (Å²) in [7, 11) is 0. The summed E-state index contributed by atoms with van der Waals surface area (Å²) < 4.78 is 0. The number of anilines is 3. The first-order chi connectivity index (χ1) is 31.2. The van der Waals surface area contributed by atoms with Crippen molar-refractivity contribution in [3.05, 3.63) is 283 Å². The number of benzene rings is 9. The van der Waals surface area contributed by atoms with Crippen LogP contribution >= 0.6 is 0 Å². The number of nitrogens with zero attached hydrogens (tertiary/aromatic N) is 1. The quantitative estimate of drug-likeness (QED) is 0.126. The van der Waals surface area contributed by atoms with Gasteiger partial charge in [-0.15, -0.1) is 0 Å². The molecular weight excluding hydrogens is 759 g/mol. The van der Waals surface area contributed by atoms with E-state index in [1.54, 1.807) is 0 Å². The van der Waals surface area contributed by atoms with Gasteiger partial charge in [-0.1, -0.05) is 224 Å². The van der Waals surface area contributed by atoms with Crippen LogP contribution in [0, 0.1) is 0 Å². The van der Waals surface area contributed by atoms with Gasteiger partial charge in [-0.3, -0.25) is 0 Å². The Bertz CT molecular complexity index is 2920. The van der Waals surface area contributed by atoms with Gasteiger partial charge in [0, 0.05) is 17.1 Å². The van der Waals surface area contributed by atoms with Gasteiger partial charge in [-0.25, -0.2) is 0 Å². The minimum absolute atomic E-state index is 0.860. The minimum Gasteiger partial charge on any atom is -0.311 e. The average Bonchev–Trinajstić information content (AvgIpc) is 3.38. The fourth-order valence-electron chi connectivity index (χ4n) is 8.65. The van der Waals surface area contributed by atoms with Crippen molar-refractivity contribution in [2.75, 3.05) is 4.90 Å².